The van der Waals surface area contributed by atoms with E-state index in [9.17, 15) is 14.4 Å². The minimum atomic E-state index is -0.813. The van der Waals surface area contributed by atoms with Gasteiger partial charge in [0.1, 0.15) is 13.2 Å². The van der Waals surface area contributed by atoms with E-state index >= 15 is 0 Å². The van der Waals surface area contributed by atoms with E-state index in [4.69, 9.17) is 14.2 Å². The van der Waals surface area contributed by atoms with Gasteiger partial charge in [-0.05, 0) is 122 Å². The Bertz CT molecular complexity index is 1590. The van der Waals surface area contributed by atoms with Crippen molar-refractivity contribution >= 4 is 17.9 Å². The van der Waals surface area contributed by atoms with E-state index in [-0.39, 0.29) is 37.5 Å². The van der Waals surface area contributed by atoms with Crippen LogP contribution in [0.15, 0.2) is 122 Å². The second-order valence-electron chi connectivity index (χ2n) is 20.5. The van der Waals surface area contributed by atoms with E-state index in [1.54, 1.807) is 0 Å². The van der Waals surface area contributed by atoms with Gasteiger partial charge in [0.2, 0.25) is 0 Å². The molecule has 0 saturated carbocycles. The van der Waals surface area contributed by atoms with Crippen LogP contribution in [0.5, 0.6) is 0 Å². The Labute approximate surface area is 469 Å². The third-order valence-corrected chi connectivity index (χ3v) is 13.2. The summed E-state index contributed by atoms with van der Waals surface area (Å²) >= 11 is 0. The van der Waals surface area contributed by atoms with Crippen molar-refractivity contribution in [3.05, 3.63) is 122 Å². The average molecular weight is 1050 g/mol. The number of esters is 3. The molecule has 0 fully saturated rings. The van der Waals surface area contributed by atoms with Gasteiger partial charge in [-0.1, -0.05) is 264 Å². The van der Waals surface area contributed by atoms with Crippen molar-refractivity contribution < 1.29 is 28.6 Å². The first kappa shape index (κ1) is 71.8. The molecule has 0 aliphatic heterocycles. The molecule has 1 unspecified atom stereocenters. The summed E-state index contributed by atoms with van der Waals surface area (Å²) in [6.07, 6.45) is 87.9. The van der Waals surface area contributed by atoms with Crippen LogP contribution in [0.25, 0.3) is 0 Å². The molecule has 6 heteroatoms. The molecule has 0 heterocycles. The molecule has 0 spiro atoms. The van der Waals surface area contributed by atoms with Crippen LogP contribution in [-0.4, -0.2) is 37.2 Å². The largest absolute Gasteiger partial charge is 0.462 e. The monoisotopic (exact) mass is 1050 g/mol. The molecule has 0 aromatic heterocycles. The number of hydrogen-bond donors (Lipinski definition) is 0. The lowest BCUT2D eigenvalue weighted by Gasteiger charge is -2.18. The summed E-state index contributed by atoms with van der Waals surface area (Å²) in [5.41, 5.74) is 0. The summed E-state index contributed by atoms with van der Waals surface area (Å²) in [4.78, 5) is 38.2. The summed E-state index contributed by atoms with van der Waals surface area (Å²) in [5, 5.41) is 0. The van der Waals surface area contributed by atoms with Crippen molar-refractivity contribution in [1.82, 2.24) is 0 Å². The standard InChI is InChI=1S/C70H116O6/c1-4-7-10-13-16-19-22-25-27-29-30-31-32-33-34-35-36-37-38-39-40-42-43-45-48-51-54-57-60-63-69(72)75-66-67(65-74-68(71)62-59-56-53-50-47-24-21-18-15-12-9-6-3)76-70(73)64-61-58-55-52-49-46-44-41-28-26-23-20-17-14-11-8-5-2/h7-8,10-11,16-21,25-28,30-31,44,46,52,55,67H,4-6,9,12-15,22-24,29,32-43,45,47-51,53-54,56-66H2,1-3H3/b10-7-,11-8-,19-16-,20-17-,21-18-,27-25-,28-26-,31-30-,46-44-,55-52-. The van der Waals surface area contributed by atoms with E-state index in [2.05, 4.69) is 142 Å². The zero-order valence-electron chi connectivity index (χ0n) is 49.5. The van der Waals surface area contributed by atoms with Gasteiger partial charge in [0.25, 0.3) is 0 Å². The molecule has 0 aliphatic rings. The highest BCUT2D eigenvalue weighted by Crippen LogP contribution is 2.16. The van der Waals surface area contributed by atoms with Gasteiger partial charge in [-0.2, -0.15) is 0 Å². The fourth-order valence-corrected chi connectivity index (χ4v) is 8.52. The lowest BCUT2D eigenvalue weighted by atomic mass is 10.0. The lowest BCUT2D eigenvalue weighted by molar-refractivity contribution is -0.167. The predicted octanol–water partition coefficient (Wildman–Crippen LogP) is 21.6. The van der Waals surface area contributed by atoms with Crippen molar-refractivity contribution in [2.75, 3.05) is 13.2 Å². The van der Waals surface area contributed by atoms with Gasteiger partial charge in [0.15, 0.2) is 6.10 Å². The predicted molar refractivity (Wildman–Crippen MR) is 330 cm³/mol. The Kier molecular flexibility index (Phi) is 59.9. The smallest absolute Gasteiger partial charge is 0.306 e. The van der Waals surface area contributed by atoms with Crippen molar-refractivity contribution in [3.8, 4) is 0 Å². The number of carbonyl (C=O) groups excluding carboxylic acids is 3. The van der Waals surface area contributed by atoms with Crippen molar-refractivity contribution in [3.63, 3.8) is 0 Å². The first-order valence-corrected chi connectivity index (χ1v) is 31.5. The molecule has 0 aliphatic carbocycles. The second kappa shape index (κ2) is 63.3. The van der Waals surface area contributed by atoms with Gasteiger partial charge in [0.05, 0.1) is 0 Å². The molecular formula is C70H116O6. The van der Waals surface area contributed by atoms with Gasteiger partial charge < -0.3 is 14.2 Å². The fourth-order valence-electron chi connectivity index (χ4n) is 8.52. The zero-order chi connectivity index (χ0) is 55.0. The minimum Gasteiger partial charge on any atom is -0.462 e. The highest BCUT2D eigenvalue weighted by molar-refractivity contribution is 5.71. The highest BCUT2D eigenvalue weighted by Gasteiger charge is 2.19. The molecule has 0 amide bonds. The topological polar surface area (TPSA) is 78.9 Å². The number of carbonyl (C=O) groups is 3. The molecule has 0 N–H and O–H groups in total. The fraction of sp³-hybridized carbons (Fsp3) is 0.671. The van der Waals surface area contributed by atoms with Gasteiger partial charge in [-0.25, -0.2) is 0 Å². The number of ether oxygens (including phenoxy) is 3. The van der Waals surface area contributed by atoms with E-state index in [0.717, 1.165) is 116 Å². The molecule has 432 valence electrons. The van der Waals surface area contributed by atoms with E-state index in [1.807, 2.05) is 0 Å². The molecule has 0 aromatic rings. The number of hydrogen-bond acceptors (Lipinski definition) is 6. The summed E-state index contributed by atoms with van der Waals surface area (Å²) in [7, 11) is 0. The Morgan fingerprint density at radius 3 is 0.855 bits per heavy atom. The Morgan fingerprint density at radius 1 is 0.276 bits per heavy atom. The molecule has 1 atom stereocenters. The van der Waals surface area contributed by atoms with Crippen LogP contribution >= 0.6 is 0 Å². The average Bonchev–Trinajstić information content (AvgIpc) is 3.42. The highest BCUT2D eigenvalue weighted by atomic mass is 16.6. The maximum atomic E-state index is 12.9. The van der Waals surface area contributed by atoms with Crippen LogP contribution in [0, 0.1) is 0 Å². The molecule has 0 saturated heterocycles. The van der Waals surface area contributed by atoms with Crippen LogP contribution in [0.2, 0.25) is 0 Å². The minimum absolute atomic E-state index is 0.104. The van der Waals surface area contributed by atoms with Crippen LogP contribution in [0.3, 0.4) is 0 Å². The van der Waals surface area contributed by atoms with E-state index in [1.165, 1.54) is 122 Å². The third-order valence-electron chi connectivity index (χ3n) is 13.2. The SMILES string of the molecule is CC/C=C\C/C=C\C/C=C\C/C=C\C/C=C\CCCC(=O)OC(COC(=O)CCCCCCC/C=C\CCCCC)COC(=O)CCCCCCCCCCCCCCCCCC/C=C\C/C=C\C/C=C\C/C=C\CC. The van der Waals surface area contributed by atoms with E-state index in [0.29, 0.717) is 19.3 Å². The Hall–Kier alpha value is -4.19. The van der Waals surface area contributed by atoms with Gasteiger partial charge >= 0.3 is 17.9 Å². The molecule has 0 bridgehead atoms. The van der Waals surface area contributed by atoms with Crippen LogP contribution in [-0.2, 0) is 28.6 Å². The molecule has 6 nitrogen and oxygen atoms in total. The quantitative estimate of drug-likeness (QED) is 0.0261. The van der Waals surface area contributed by atoms with Crippen molar-refractivity contribution in [2.45, 2.75) is 290 Å². The summed E-state index contributed by atoms with van der Waals surface area (Å²) in [6, 6.07) is 0. The number of rotatable bonds is 56. The van der Waals surface area contributed by atoms with Gasteiger partial charge in [-0.15, -0.1) is 0 Å². The van der Waals surface area contributed by atoms with Crippen LogP contribution < -0.4 is 0 Å². The normalized spacial score (nSPS) is 12.9. The summed E-state index contributed by atoms with van der Waals surface area (Å²) in [6.45, 7) is 6.34. The summed E-state index contributed by atoms with van der Waals surface area (Å²) < 4.78 is 16.8. The molecule has 0 rings (SSSR count). The van der Waals surface area contributed by atoms with E-state index < -0.39 is 6.10 Å². The molecular weight excluding hydrogens is 937 g/mol. The maximum absolute atomic E-state index is 12.9. The molecule has 0 aromatic carbocycles. The first-order valence-electron chi connectivity index (χ1n) is 31.5. The third kappa shape index (κ3) is 60.7. The number of allylic oxidation sites excluding steroid dienone is 20. The first-order chi connectivity index (χ1) is 37.5. The summed E-state index contributed by atoms with van der Waals surface area (Å²) in [5.74, 6) is -0.969. The number of unbranched alkanes of at least 4 members (excludes halogenated alkanes) is 25. The lowest BCUT2D eigenvalue weighted by Crippen LogP contribution is -2.30. The van der Waals surface area contributed by atoms with Crippen LogP contribution in [0.1, 0.15) is 284 Å². The van der Waals surface area contributed by atoms with Crippen molar-refractivity contribution in [1.29, 1.82) is 0 Å². The van der Waals surface area contributed by atoms with Gasteiger partial charge in [-0.3, -0.25) is 14.4 Å². The molecule has 0 radical (unpaired) electrons. The Balaban J connectivity index is 4.28. The Morgan fingerprint density at radius 2 is 0.526 bits per heavy atom. The zero-order valence-corrected chi connectivity index (χ0v) is 49.5. The van der Waals surface area contributed by atoms with Gasteiger partial charge in [0, 0.05) is 19.3 Å². The van der Waals surface area contributed by atoms with Crippen molar-refractivity contribution in [2.24, 2.45) is 0 Å². The molecule has 76 heavy (non-hydrogen) atoms. The van der Waals surface area contributed by atoms with Crippen LogP contribution in [0.4, 0.5) is 0 Å². The maximum Gasteiger partial charge on any atom is 0.306 e. The second-order valence-corrected chi connectivity index (χ2v) is 20.5.